The van der Waals surface area contributed by atoms with Gasteiger partial charge in [-0.3, -0.25) is 9.59 Å². The summed E-state index contributed by atoms with van der Waals surface area (Å²) in [4.78, 5) is 29.5. The fourth-order valence-electron chi connectivity index (χ4n) is 4.29. The number of fused-ring (bicyclic) bond motifs is 1. The molecule has 164 valence electrons. The average molecular weight is 424 g/mol. The van der Waals surface area contributed by atoms with Crippen LogP contribution in [-0.2, 0) is 16.0 Å². The van der Waals surface area contributed by atoms with E-state index in [4.69, 9.17) is 9.15 Å². The van der Waals surface area contributed by atoms with Crippen LogP contribution in [0.15, 0.2) is 40.3 Å². The molecule has 0 aliphatic carbocycles. The van der Waals surface area contributed by atoms with Crippen LogP contribution in [0.1, 0.15) is 42.0 Å². The van der Waals surface area contributed by atoms with Crippen molar-refractivity contribution in [3.8, 4) is 5.75 Å². The molecule has 2 aliphatic rings. The van der Waals surface area contributed by atoms with Gasteiger partial charge >= 0.3 is 0 Å². The highest BCUT2D eigenvalue weighted by molar-refractivity contribution is 6.46. The van der Waals surface area contributed by atoms with Crippen LogP contribution >= 0.6 is 0 Å². The lowest BCUT2D eigenvalue weighted by Gasteiger charge is -2.24. The van der Waals surface area contributed by atoms with Gasteiger partial charge in [0.25, 0.3) is 11.7 Å². The summed E-state index contributed by atoms with van der Waals surface area (Å²) in [5.41, 5.74) is 1.54. The number of furan rings is 1. The van der Waals surface area contributed by atoms with E-state index >= 15 is 0 Å². The fraction of sp³-hybridized carbons (Fsp3) is 0.417. The first-order valence-electron chi connectivity index (χ1n) is 10.6. The maximum atomic E-state index is 13.0. The Balaban J connectivity index is 1.76. The number of benzene rings is 1. The molecule has 7 heteroatoms. The topological polar surface area (TPSA) is 83.2 Å². The first-order chi connectivity index (χ1) is 14.8. The Morgan fingerprint density at radius 1 is 1.23 bits per heavy atom. The number of carbonyl (C=O) groups excluding carboxylic acids is 2. The smallest absolute Gasteiger partial charge is 0.295 e. The SMILES string of the molecule is Cc1ccc([C@@H]2/C(=C(\O)c3ccc4c(c3)C[C@@H](C)O4)C(=O)C(=O)N2CCCN(C)C)o1. The molecule has 7 nitrogen and oxygen atoms in total. The lowest BCUT2D eigenvalue weighted by molar-refractivity contribution is -0.140. The molecule has 31 heavy (non-hydrogen) atoms. The molecule has 1 saturated heterocycles. The van der Waals surface area contributed by atoms with Crippen molar-refractivity contribution in [2.24, 2.45) is 0 Å². The van der Waals surface area contributed by atoms with E-state index in [2.05, 4.69) is 0 Å². The Hall–Kier alpha value is -3.06. The van der Waals surface area contributed by atoms with Crippen LogP contribution in [0.5, 0.6) is 5.75 Å². The van der Waals surface area contributed by atoms with Crippen molar-refractivity contribution in [1.82, 2.24) is 9.80 Å². The summed E-state index contributed by atoms with van der Waals surface area (Å²) in [6.07, 6.45) is 1.50. The van der Waals surface area contributed by atoms with Crippen molar-refractivity contribution < 1.29 is 23.8 Å². The zero-order chi connectivity index (χ0) is 22.3. The number of ketones is 1. The molecule has 0 radical (unpaired) electrons. The van der Waals surface area contributed by atoms with Gasteiger partial charge in [-0.25, -0.2) is 0 Å². The van der Waals surface area contributed by atoms with E-state index < -0.39 is 17.7 Å². The van der Waals surface area contributed by atoms with Crippen molar-refractivity contribution >= 4 is 17.4 Å². The number of carbonyl (C=O) groups is 2. The second kappa shape index (κ2) is 8.23. The molecule has 1 N–H and O–H groups in total. The van der Waals surface area contributed by atoms with Gasteiger partial charge in [0.1, 0.15) is 35.2 Å². The molecular weight excluding hydrogens is 396 g/mol. The Kier molecular flexibility index (Phi) is 5.62. The lowest BCUT2D eigenvalue weighted by atomic mass is 9.97. The molecule has 1 aromatic carbocycles. The third-order valence-corrected chi connectivity index (χ3v) is 5.74. The van der Waals surface area contributed by atoms with E-state index in [1.165, 1.54) is 4.90 Å². The number of rotatable bonds is 6. The molecule has 1 fully saturated rings. The summed E-state index contributed by atoms with van der Waals surface area (Å²) < 4.78 is 11.5. The van der Waals surface area contributed by atoms with Gasteiger partial charge in [-0.1, -0.05) is 0 Å². The van der Waals surface area contributed by atoms with Crippen LogP contribution in [0.3, 0.4) is 0 Å². The average Bonchev–Trinajstić information content (AvgIpc) is 3.37. The first kappa shape index (κ1) is 21.2. The molecule has 2 atom stereocenters. The quantitative estimate of drug-likeness (QED) is 0.435. The second-order valence-electron chi connectivity index (χ2n) is 8.55. The van der Waals surface area contributed by atoms with Gasteiger partial charge in [0.05, 0.1) is 5.57 Å². The van der Waals surface area contributed by atoms with E-state index in [1.54, 1.807) is 24.3 Å². The molecule has 0 bridgehead atoms. The number of aliphatic hydroxyl groups excluding tert-OH is 1. The molecule has 2 aliphatic heterocycles. The van der Waals surface area contributed by atoms with E-state index in [1.807, 2.05) is 38.9 Å². The lowest BCUT2D eigenvalue weighted by Crippen LogP contribution is -2.32. The number of Topliss-reactive ketones (excluding diaryl/α,β-unsaturated/α-hetero) is 1. The van der Waals surface area contributed by atoms with Gasteiger partial charge in [0.15, 0.2) is 0 Å². The highest BCUT2D eigenvalue weighted by atomic mass is 16.5. The number of aryl methyl sites for hydroxylation is 1. The number of aliphatic hydroxyl groups is 1. The van der Waals surface area contributed by atoms with Crippen molar-refractivity contribution in [2.75, 3.05) is 27.2 Å². The number of hydrogen-bond donors (Lipinski definition) is 1. The Morgan fingerprint density at radius 2 is 2.00 bits per heavy atom. The van der Waals surface area contributed by atoms with Gasteiger partial charge in [0.2, 0.25) is 0 Å². The number of ether oxygens (including phenoxy) is 1. The van der Waals surface area contributed by atoms with Crippen LogP contribution in [0, 0.1) is 6.92 Å². The predicted molar refractivity (Wildman–Crippen MR) is 116 cm³/mol. The molecule has 2 aromatic rings. The Morgan fingerprint density at radius 3 is 2.68 bits per heavy atom. The van der Waals surface area contributed by atoms with Crippen LogP contribution in [0.25, 0.3) is 5.76 Å². The summed E-state index contributed by atoms with van der Waals surface area (Å²) in [5, 5.41) is 11.2. The first-order valence-corrected chi connectivity index (χ1v) is 10.6. The molecule has 1 amide bonds. The Labute approximate surface area is 181 Å². The minimum Gasteiger partial charge on any atom is -0.507 e. The minimum absolute atomic E-state index is 0.0658. The zero-order valence-corrected chi connectivity index (χ0v) is 18.3. The normalized spacial score (nSPS) is 22.3. The van der Waals surface area contributed by atoms with Crippen LogP contribution in [0.2, 0.25) is 0 Å². The summed E-state index contributed by atoms with van der Waals surface area (Å²) >= 11 is 0. The number of hydrogen-bond acceptors (Lipinski definition) is 6. The van der Waals surface area contributed by atoms with E-state index in [-0.39, 0.29) is 17.4 Å². The molecule has 4 rings (SSSR count). The van der Waals surface area contributed by atoms with Crippen molar-refractivity contribution in [3.63, 3.8) is 0 Å². The summed E-state index contributed by atoms with van der Waals surface area (Å²) in [6.45, 7) is 4.96. The third-order valence-electron chi connectivity index (χ3n) is 5.74. The number of nitrogens with zero attached hydrogens (tertiary/aromatic N) is 2. The second-order valence-corrected chi connectivity index (χ2v) is 8.55. The van der Waals surface area contributed by atoms with Crippen molar-refractivity contribution in [2.45, 2.75) is 38.8 Å². The maximum absolute atomic E-state index is 13.0. The summed E-state index contributed by atoms with van der Waals surface area (Å²) in [7, 11) is 3.92. The van der Waals surface area contributed by atoms with Gasteiger partial charge < -0.3 is 24.1 Å². The standard InChI is InChI=1S/C24H28N2O5/c1-14-6-8-19(30-14)21-20(23(28)24(29)26(21)11-5-10-25(3)4)22(27)16-7-9-18-17(13-16)12-15(2)31-18/h6-9,13,15,21,27H,5,10-12H2,1-4H3/b22-20+/t15-,21-/m1/s1. The van der Waals surface area contributed by atoms with E-state index in [9.17, 15) is 14.7 Å². The van der Waals surface area contributed by atoms with Crippen LogP contribution < -0.4 is 4.74 Å². The van der Waals surface area contributed by atoms with Gasteiger partial charge in [-0.15, -0.1) is 0 Å². The fourth-order valence-corrected chi connectivity index (χ4v) is 4.29. The monoisotopic (exact) mass is 424 g/mol. The minimum atomic E-state index is -0.751. The number of likely N-dealkylation sites (tertiary alicyclic amines) is 1. The van der Waals surface area contributed by atoms with Crippen LogP contribution in [-0.4, -0.2) is 59.9 Å². The molecule has 0 spiro atoms. The van der Waals surface area contributed by atoms with Crippen molar-refractivity contribution in [3.05, 3.63) is 58.6 Å². The van der Waals surface area contributed by atoms with Crippen molar-refractivity contribution in [1.29, 1.82) is 0 Å². The molecule has 3 heterocycles. The highest BCUT2D eigenvalue weighted by Gasteiger charge is 2.47. The Bertz CT molecular complexity index is 1050. The molecule has 1 aromatic heterocycles. The summed E-state index contributed by atoms with van der Waals surface area (Å²) in [5.74, 6) is 0.448. The predicted octanol–water partition coefficient (Wildman–Crippen LogP) is 3.28. The number of amides is 1. The third kappa shape index (κ3) is 3.97. The maximum Gasteiger partial charge on any atom is 0.295 e. The largest absolute Gasteiger partial charge is 0.507 e. The highest BCUT2D eigenvalue weighted by Crippen LogP contribution is 2.41. The van der Waals surface area contributed by atoms with Gasteiger partial charge in [-0.05, 0) is 76.8 Å². The van der Waals surface area contributed by atoms with Gasteiger partial charge in [0, 0.05) is 18.5 Å². The molecule has 0 unspecified atom stereocenters. The van der Waals surface area contributed by atoms with Crippen LogP contribution in [0.4, 0.5) is 0 Å². The van der Waals surface area contributed by atoms with E-state index in [0.717, 1.165) is 24.3 Å². The van der Waals surface area contributed by atoms with E-state index in [0.29, 0.717) is 30.0 Å². The zero-order valence-electron chi connectivity index (χ0n) is 18.3. The molecular formula is C24H28N2O5. The van der Waals surface area contributed by atoms with Gasteiger partial charge in [-0.2, -0.15) is 0 Å². The molecule has 0 saturated carbocycles. The summed E-state index contributed by atoms with van der Waals surface area (Å²) in [6, 6.07) is 8.15.